The second kappa shape index (κ2) is 8.46. The van der Waals surface area contributed by atoms with Gasteiger partial charge in [-0.15, -0.1) is 0 Å². The number of alkyl halides is 2. The fourth-order valence-electron chi connectivity index (χ4n) is 4.15. The van der Waals surface area contributed by atoms with E-state index in [-0.39, 0.29) is 34.5 Å². The lowest BCUT2D eigenvalue weighted by atomic mass is 9.85. The fourth-order valence-corrected chi connectivity index (χ4v) is 4.28. The molecule has 0 aliphatic carbocycles. The minimum Gasteiger partial charge on any atom is -0.507 e. The summed E-state index contributed by atoms with van der Waals surface area (Å²) in [4.78, 5) is 25.6. The second-order valence-electron chi connectivity index (χ2n) is 7.68. The number of rotatable bonds is 4. The molecule has 172 valence electrons. The minimum absolute atomic E-state index is 0.0221. The number of phenolic OH excluding ortho intramolecular Hbond substituents is 1. The van der Waals surface area contributed by atoms with Crippen LogP contribution in [0.2, 0.25) is 5.02 Å². The maximum absolute atomic E-state index is 13.3. The summed E-state index contributed by atoms with van der Waals surface area (Å²) in [5, 5.41) is 11.0. The SMILES string of the molecule is O=C1CC(c2cccc(OC(F)F)c2)c2c(cc(O)c3c(=O)c(-c4ccc(Cl)cc4)coc23)O1. The van der Waals surface area contributed by atoms with Crippen LogP contribution in [0.3, 0.4) is 0 Å². The molecule has 34 heavy (non-hydrogen) atoms. The first-order chi connectivity index (χ1) is 16.3. The number of halogens is 3. The van der Waals surface area contributed by atoms with Gasteiger partial charge in [0.1, 0.15) is 34.5 Å². The molecule has 0 amide bonds. The van der Waals surface area contributed by atoms with Crippen molar-refractivity contribution in [2.75, 3.05) is 0 Å². The summed E-state index contributed by atoms with van der Waals surface area (Å²) in [6.07, 6.45) is 1.13. The Morgan fingerprint density at radius 3 is 2.59 bits per heavy atom. The van der Waals surface area contributed by atoms with Crippen molar-refractivity contribution < 1.29 is 32.6 Å². The Morgan fingerprint density at radius 1 is 1.09 bits per heavy atom. The molecule has 1 unspecified atom stereocenters. The van der Waals surface area contributed by atoms with E-state index in [0.29, 0.717) is 21.7 Å². The van der Waals surface area contributed by atoms with Gasteiger partial charge in [0.25, 0.3) is 0 Å². The van der Waals surface area contributed by atoms with Crippen molar-refractivity contribution in [3.63, 3.8) is 0 Å². The molecule has 0 spiro atoms. The Labute approximate surface area is 195 Å². The molecule has 6 nitrogen and oxygen atoms in total. The van der Waals surface area contributed by atoms with Gasteiger partial charge in [0.15, 0.2) is 0 Å². The topological polar surface area (TPSA) is 86.0 Å². The highest BCUT2D eigenvalue weighted by Crippen LogP contribution is 2.46. The summed E-state index contributed by atoms with van der Waals surface area (Å²) in [5.41, 5.74) is 1.12. The number of carbonyl (C=O) groups is 1. The van der Waals surface area contributed by atoms with Gasteiger partial charge in [0, 0.05) is 22.6 Å². The first-order valence-electron chi connectivity index (χ1n) is 10.1. The van der Waals surface area contributed by atoms with Gasteiger partial charge < -0.3 is 19.0 Å². The summed E-state index contributed by atoms with van der Waals surface area (Å²) in [6.45, 7) is -3.01. The molecule has 0 bridgehead atoms. The third-order valence-corrected chi connectivity index (χ3v) is 5.86. The molecule has 5 rings (SSSR count). The molecule has 0 saturated carbocycles. The van der Waals surface area contributed by atoms with Crippen LogP contribution in [0.4, 0.5) is 8.78 Å². The van der Waals surface area contributed by atoms with E-state index in [1.54, 1.807) is 30.3 Å². The van der Waals surface area contributed by atoms with Crippen LogP contribution in [-0.4, -0.2) is 17.7 Å². The smallest absolute Gasteiger partial charge is 0.387 e. The summed E-state index contributed by atoms with van der Waals surface area (Å²) >= 11 is 5.93. The standard InChI is InChI=1S/C25H15ClF2O6/c26-14-6-4-12(5-7-14)17-11-32-24-21-16(13-2-1-3-15(8-13)33-25(27)28)9-20(30)34-19(21)10-18(29)22(24)23(17)31/h1-8,10-11,16,25,29H,9H2. The highest BCUT2D eigenvalue weighted by atomic mass is 35.5. The normalized spacial score (nSPS) is 15.3. The molecule has 2 heterocycles. The van der Waals surface area contributed by atoms with Gasteiger partial charge in [0.05, 0.1) is 12.0 Å². The number of hydrogen-bond donors (Lipinski definition) is 1. The van der Waals surface area contributed by atoms with Crippen LogP contribution in [0, 0.1) is 0 Å². The number of benzene rings is 3. The molecule has 1 N–H and O–H groups in total. The van der Waals surface area contributed by atoms with Crippen LogP contribution < -0.4 is 14.9 Å². The summed E-state index contributed by atoms with van der Waals surface area (Å²) in [7, 11) is 0. The summed E-state index contributed by atoms with van der Waals surface area (Å²) in [6, 6.07) is 13.6. The Kier molecular flexibility index (Phi) is 5.45. The molecule has 1 aromatic heterocycles. The maximum atomic E-state index is 13.3. The van der Waals surface area contributed by atoms with Gasteiger partial charge in [0.2, 0.25) is 5.43 Å². The Hall–Kier alpha value is -3.91. The number of ether oxygens (including phenoxy) is 2. The number of fused-ring (bicyclic) bond motifs is 3. The number of hydrogen-bond acceptors (Lipinski definition) is 6. The third-order valence-electron chi connectivity index (χ3n) is 5.61. The molecule has 0 fully saturated rings. The third kappa shape index (κ3) is 3.86. The van der Waals surface area contributed by atoms with Gasteiger partial charge in [-0.1, -0.05) is 35.9 Å². The molecule has 9 heteroatoms. The van der Waals surface area contributed by atoms with Crippen LogP contribution >= 0.6 is 11.6 Å². The molecule has 0 saturated heterocycles. The van der Waals surface area contributed by atoms with Gasteiger partial charge in [-0.05, 0) is 35.4 Å². The number of phenols is 1. The van der Waals surface area contributed by atoms with Crippen molar-refractivity contribution in [1.82, 2.24) is 0 Å². The Morgan fingerprint density at radius 2 is 1.85 bits per heavy atom. The van der Waals surface area contributed by atoms with Crippen LogP contribution in [0.1, 0.15) is 23.5 Å². The molecule has 1 atom stereocenters. The zero-order valence-corrected chi connectivity index (χ0v) is 18.0. The Balaban J connectivity index is 1.72. The van der Waals surface area contributed by atoms with Crippen LogP contribution in [0.25, 0.3) is 22.1 Å². The fraction of sp³-hybridized carbons (Fsp3) is 0.120. The van der Waals surface area contributed by atoms with Crippen molar-refractivity contribution >= 4 is 28.5 Å². The Bertz CT molecular complexity index is 1480. The molecule has 1 aliphatic rings. The van der Waals surface area contributed by atoms with Crippen molar-refractivity contribution in [2.24, 2.45) is 0 Å². The van der Waals surface area contributed by atoms with Crippen molar-refractivity contribution in [3.8, 4) is 28.4 Å². The number of aromatic hydroxyl groups is 1. The average molecular weight is 485 g/mol. The van der Waals surface area contributed by atoms with E-state index in [4.69, 9.17) is 20.8 Å². The van der Waals surface area contributed by atoms with Crippen LogP contribution in [-0.2, 0) is 4.79 Å². The van der Waals surface area contributed by atoms with E-state index < -0.39 is 29.7 Å². The van der Waals surface area contributed by atoms with E-state index in [0.717, 1.165) is 0 Å². The van der Waals surface area contributed by atoms with E-state index in [9.17, 15) is 23.5 Å². The van der Waals surface area contributed by atoms with E-state index >= 15 is 0 Å². The lowest BCUT2D eigenvalue weighted by Gasteiger charge is -2.26. The van der Waals surface area contributed by atoms with Crippen molar-refractivity contribution in [2.45, 2.75) is 19.0 Å². The summed E-state index contributed by atoms with van der Waals surface area (Å²) < 4.78 is 41.1. The van der Waals surface area contributed by atoms with Gasteiger partial charge in [-0.3, -0.25) is 9.59 Å². The molecular weight excluding hydrogens is 470 g/mol. The number of esters is 1. The van der Waals surface area contributed by atoms with Gasteiger partial charge in [-0.2, -0.15) is 8.78 Å². The molecule has 3 aromatic carbocycles. The lowest BCUT2D eigenvalue weighted by molar-refractivity contribution is -0.135. The maximum Gasteiger partial charge on any atom is 0.387 e. The van der Waals surface area contributed by atoms with Crippen molar-refractivity contribution in [3.05, 3.63) is 87.2 Å². The second-order valence-corrected chi connectivity index (χ2v) is 8.12. The van der Waals surface area contributed by atoms with Crippen LogP contribution in [0.5, 0.6) is 17.2 Å². The zero-order chi connectivity index (χ0) is 24.0. The molecular formula is C25H15ClF2O6. The van der Waals surface area contributed by atoms with E-state index in [2.05, 4.69) is 4.74 Å². The number of carbonyl (C=O) groups excluding carboxylic acids is 1. The quantitative estimate of drug-likeness (QED) is 0.288. The van der Waals surface area contributed by atoms with Gasteiger partial charge in [-0.25, -0.2) is 0 Å². The van der Waals surface area contributed by atoms with E-state index in [1.807, 2.05) is 0 Å². The first kappa shape index (κ1) is 21.9. The van der Waals surface area contributed by atoms with Crippen molar-refractivity contribution in [1.29, 1.82) is 0 Å². The largest absolute Gasteiger partial charge is 0.507 e. The lowest BCUT2D eigenvalue weighted by Crippen LogP contribution is -2.22. The highest BCUT2D eigenvalue weighted by Gasteiger charge is 2.34. The highest BCUT2D eigenvalue weighted by molar-refractivity contribution is 6.30. The zero-order valence-electron chi connectivity index (χ0n) is 17.3. The van der Waals surface area contributed by atoms with E-state index in [1.165, 1.54) is 30.5 Å². The van der Waals surface area contributed by atoms with Crippen LogP contribution in [0.15, 0.2) is 70.1 Å². The minimum atomic E-state index is -3.01. The predicted molar refractivity (Wildman–Crippen MR) is 120 cm³/mol. The first-order valence-corrected chi connectivity index (χ1v) is 10.5. The molecule has 1 aliphatic heterocycles. The monoisotopic (exact) mass is 484 g/mol. The predicted octanol–water partition coefficient (Wildman–Crippen LogP) is 5.86. The average Bonchev–Trinajstić information content (AvgIpc) is 2.79. The molecule has 0 radical (unpaired) electrons. The van der Waals surface area contributed by atoms with Gasteiger partial charge >= 0.3 is 12.6 Å². The summed E-state index contributed by atoms with van der Waals surface area (Å²) in [5.74, 6) is -1.75. The molecule has 4 aromatic rings.